The average molecular weight is 378 g/mol. The zero-order valence-corrected chi connectivity index (χ0v) is 14.4. The van der Waals surface area contributed by atoms with E-state index in [0.29, 0.717) is 17.8 Å². The monoisotopic (exact) mass is 378 g/mol. The maximum atomic E-state index is 12.8. The van der Waals surface area contributed by atoms with E-state index in [-0.39, 0.29) is 29.9 Å². The molecule has 2 N–H and O–H groups in total. The van der Waals surface area contributed by atoms with Gasteiger partial charge < -0.3 is 14.9 Å². The van der Waals surface area contributed by atoms with Gasteiger partial charge in [-0.2, -0.15) is 18.2 Å². The van der Waals surface area contributed by atoms with E-state index in [1.54, 1.807) is 12.1 Å². The molecule has 27 heavy (non-hydrogen) atoms. The first-order chi connectivity index (χ1) is 12.9. The number of anilines is 1. The number of alkyl halides is 3. The Morgan fingerprint density at radius 2 is 2.00 bits per heavy atom. The van der Waals surface area contributed by atoms with E-state index in [1.165, 1.54) is 18.3 Å². The second-order valence-corrected chi connectivity index (χ2v) is 5.99. The average Bonchev–Trinajstić information content (AvgIpc) is 3.12. The molecule has 0 fully saturated rings. The second kappa shape index (κ2) is 7.75. The molecule has 0 aliphatic heterocycles. The van der Waals surface area contributed by atoms with Gasteiger partial charge in [-0.1, -0.05) is 17.3 Å². The fraction of sp³-hybridized carbons (Fsp3) is 0.278. The first-order valence-electron chi connectivity index (χ1n) is 8.22. The molecule has 9 heteroatoms. The third-order valence-corrected chi connectivity index (χ3v) is 3.84. The van der Waals surface area contributed by atoms with Crippen LogP contribution in [0, 0.1) is 0 Å². The van der Waals surface area contributed by atoms with Crippen LogP contribution in [0.15, 0.2) is 47.1 Å². The van der Waals surface area contributed by atoms with Crippen LogP contribution in [0.3, 0.4) is 0 Å². The summed E-state index contributed by atoms with van der Waals surface area (Å²) in [5.41, 5.74) is -0.0228. The molecule has 3 rings (SSSR count). The van der Waals surface area contributed by atoms with Crippen molar-refractivity contribution in [3.8, 4) is 22.8 Å². The lowest BCUT2D eigenvalue weighted by Crippen LogP contribution is -2.17. The van der Waals surface area contributed by atoms with E-state index >= 15 is 0 Å². The third-order valence-electron chi connectivity index (χ3n) is 3.84. The summed E-state index contributed by atoms with van der Waals surface area (Å²) in [4.78, 5) is 8.39. The summed E-state index contributed by atoms with van der Waals surface area (Å²) >= 11 is 0. The van der Waals surface area contributed by atoms with Crippen LogP contribution in [0.4, 0.5) is 19.0 Å². The summed E-state index contributed by atoms with van der Waals surface area (Å²) in [7, 11) is 0. The SMILES string of the molecule is CC(CCO)Nc1ccc(-c2nc(-c3cccc(C(F)(F)F)c3)no2)cn1. The number of nitrogens with one attached hydrogen (secondary N) is 1. The zero-order chi connectivity index (χ0) is 19.4. The van der Waals surface area contributed by atoms with Crippen LogP contribution >= 0.6 is 0 Å². The van der Waals surface area contributed by atoms with Crippen molar-refractivity contribution in [2.75, 3.05) is 11.9 Å². The maximum Gasteiger partial charge on any atom is 0.416 e. The first kappa shape index (κ1) is 18.8. The first-order valence-corrected chi connectivity index (χ1v) is 8.22. The zero-order valence-electron chi connectivity index (χ0n) is 14.4. The number of benzene rings is 1. The van der Waals surface area contributed by atoms with Crippen molar-refractivity contribution in [3.05, 3.63) is 48.2 Å². The van der Waals surface area contributed by atoms with Gasteiger partial charge in [0, 0.05) is 24.4 Å². The smallest absolute Gasteiger partial charge is 0.396 e. The highest BCUT2D eigenvalue weighted by Gasteiger charge is 2.30. The molecule has 0 aliphatic rings. The summed E-state index contributed by atoms with van der Waals surface area (Å²) in [6.07, 6.45) is -2.33. The number of pyridine rings is 1. The van der Waals surface area contributed by atoms with Gasteiger partial charge in [0.2, 0.25) is 5.82 Å². The van der Waals surface area contributed by atoms with E-state index in [9.17, 15) is 13.2 Å². The number of hydrogen-bond acceptors (Lipinski definition) is 6. The van der Waals surface area contributed by atoms with E-state index in [4.69, 9.17) is 9.63 Å². The molecule has 0 saturated heterocycles. The number of hydrogen-bond donors (Lipinski definition) is 2. The van der Waals surface area contributed by atoms with Crippen LogP contribution in [-0.4, -0.2) is 32.9 Å². The molecule has 0 amide bonds. The van der Waals surface area contributed by atoms with Gasteiger partial charge in [-0.25, -0.2) is 4.98 Å². The molecule has 142 valence electrons. The minimum atomic E-state index is -4.44. The summed E-state index contributed by atoms with van der Waals surface area (Å²) in [6.45, 7) is 2.00. The summed E-state index contributed by atoms with van der Waals surface area (Å²) < 4.78 is 43.7. The Labute approximate surface area is 153 Å². The van der Waals surface area contributed by atoms with Crippen molar-refractivity contribution in [3.63, 3.8) is 0 Å². The van der Waals surface area contributed by atoms with Crippen LogP contribution in [0.2, 0.25) is 0 Å². The molecule has 1 aromatic carbocycles. The topological polar surface area (TPSA) is 84.1 Å². The van der Waals surface area contributed by atoms with Gasteiger partial charge in [0.25, 0.3) is 5.89 Å². The predicted molar refractivity (Wildman–Crippen MR) is 92.8 cm³/mol. The van der Waals surface area contributed by atoms with Crippen molar-refractivity contribution >= 4 is 5.82 Å². The Balaban J connectivity index is 1.78. The molecule has 0 bridgehead atoms. The molecule has 0 spiro atoms. The molecular weight excluding hydrogens is 361 g/mol. The van der Waals surface area contributed by atoms with Crippen LogP contribution in [0.1, 0.15) is 18.9 Å². The largest absolute Gasteiger partial charge is 0.416 e. The summed E-state index contributed by atoms with van der Waals surface area (Å²) in [5.74, 6) is 0.844. The highest BCUT2D eigenvalue weighted by molar-refractivity contribution is 5.60. The highest BCUT2D eigenvalue weighted by Crippen LogP contribution is 2.32. The van der Waals surface area contributed by atoms with E-state index in [0.717, 1.165) is 12.1 Å². The van der Waals surface area contributed by atoms with E-state index in [2.05, 4.69) is 20.4 Å². The number of aliphatic hydroxyl groups excluding tert-OH is 1. The fourth-order valence-corrected chi connectivity index (χ4v) is 2.42. The molecule has 2 heterocycles. The lowest BCUT2D eigenvalue weighted by atomic mass is 10.1. The molecule has 1 unspecified atom stereocenters. The second-order valence-electron chi connectivity index (χ2n) is 5.99. The van der Waals surface area contributed by atoms with Crippen LogP contribution in [0.5, 0.6) is 0 Å². The normalized spacial score (nSPS) is 12.8. The third kappa shape index (κ3) is 4.62. The van der Waals surface area contributed by atoms with Gasteiger partial charge in [-0.05, 0) is 37.6 Å². The Hall–Kier alpha value is -2.94. The molecule has 0 aliphatic carbocycles. The quantitative estimate of drug-likeness (QED) is 0.675. The Morgan fingerprint density at radius 1 is 1.19 bits per heavy atom. The molecule has 2 aromatic heterocycles. The Morgan fingerprint density at radius 3 is 2.67 bits per heavy atom. The van der Waals surface area contributed by atoms with E-state index < -0.39 is 11.7 Å². The van der Waals surface area contributed by atoms with E-state index in [1.807, 2.05) is 6.92 Å². The predicted octanol–water partition coefficient (Wildman–Crippen LogP) is 4.00. The molecule has 3 aromatic rings. The van der Waals surface area contributed by atoms with Crippen molar-refractivity contribution in [1.29, 1.82) is 0 Å². The van der Waals surface area contributed by atoms with Crippen molar-refractivity contribution < 1.29 is 22.8 Å². The van der Waals surface area contributed by atoms with Crippen molar-refractivity contribution in [2.45, 2.75) is 25.6 Å². The van der Waals surface area contributed by atoms with Gasteiger partial charge in [0.15, 0.2) is 0 Å². The summed E-state index contributed by atoms with van der Waals surface area (Å²) in [5, 5.41) is 15.8. The molecule has 0 saturated carbocycles. The minimum absolute atomic E-state index is 0.0595. The Kier molecular flexibility index (Phi) is 5.41. The number of aromatic nitrogens is 3. The van der Waals surface area contributed by atoms with Gasteiger partial charge in [0.05, 0.1) is 11.1 Å². The highest BCUT2D eigenvalue weighted by atomic mass is 19.4. The van der Waals surface area contributed by atoms with Gasteiger partial charge in [0.1, 0.15) is 5.82 Å². The van der Waals surface area contributed by atoms with Crippen molar-refractivity contribution in [1.82, 2.24) is 15.1 Å². The number of rotatable bonds is 6. The van der Waals surface area contributed by atoms with Gasteiger partial charge in [-0.3, -0.25) is 0 Å². The van der Waals surface area contributed by atoms with Crippen LogP contribution in [0.25, 0.3) is 22.8 Å². The molecule has 0 radical (unpaired) electrons. The minimum Gasteiger partial charge on any atom is -0.396 e. The molecular formula is C18H17F3N4O2. The van der Waals surface area contributed by atoms with Gasteiger partial charge in [-0.15, -0.1) is 0 Å². The fourth-order valence-electron chi connectivity index (χ4n) is 2.42. The van der Waals surface area contributed by atoms with Crippen LogP contribution < -0.4 is 5.32 Å². The lowest BCUT2D eigenvalue weighted by molar-refractivity contribution is -0.137. The maximum absolute atomic E-state index is 12.8. The van der Waals surface area contributed by atoms with Crippen LogP contribution in [-0.2, 0) is 6.18 Å². The lowest BCUT2D eigenvalue weighted by Gasteiger charge is -2.12. The summed E-state index contributed by atoms with van der Waals surface area (Å²) in [6, 6.07) is 8.23. The number of aliphatic hydroxyl groups is 1. The van der Waals surface area contributed by atoms with Crippen molar-refractivity contribution in [2.24, 2.45) is 0 Å². The standard InChI is InChI=1S/C18H17F3N4O2/c1-11(7-8-26)23-15-6-5-13(10-22-15)17-24-16(25-27-17)12-3-2-4-14(9-12)18(19,20)21/h2-6,9-11,26H,7-8H2,1H3,(H,22,23). The Bertz CT molecular complexity index is 894. The molecule has 6 nitrogen and oxygen atoms in total. The van der Waals surface area contributed by atoms with Gasteiger partial charge >= 0.3 is 6.18 Å². The molecule has 1 atom stereocenters. The number of nitrogens with zero attached hydrogens (tertiary/aromatic N) is 3. The number of halogens is 3.